The fraction of sp³-hybridized carbons (Fsp3) is 0.958. The molecule has 0 aliphatic heterocycles. The molecular weight excluding hydrogens is 318 g/mol. The molecule has 2 heteroatoms. The minimum absolute atomic E-state index is 0.335. The molecule has 0 heterocycles. The number of carbonyl (C=O) groups excluding carboxylic acids is 1. The third kappa shape index (κ3) is 13.6. The lowest BCUT2D eigenvalue weighted by molar-refractivity contribution is -0.131. The van der Waals surface area contributed by atoms with Gasteiger partial charge in [-0.15, -0.1) is 0 Å². The van der Waals surface area contributed by atoms with Crippen LogP contribution in [0.2, 0.25) is 0 Å². The van der Waals surface area contributed by atoms with E-state index in [9.17, 15) is 4.79 Å². The van der Waals surface area contributed by atoms with Crippen LogP contribution in [0.4, 0.5) is 0 Å². The quantitative estimate of drug-likeness (QED) is 0.280. The molecular formula is C24H49NO. The molecule has 0 aromatic carbocycles. The average molecular weight is 368 g/mol. The SMILES string of the molecule is CCN(CC)C(=O)CC(C)CCCC(C)CCCC(C)CCCC(C)C. The molecule has 2 nitrogen and oxygen atoms in total. The van der Waals surface area contributed by atoms with Crippen molar-refractivity contribution in [3.63, 3.8) is 0 Å². The van der Waals surface area contributed by atoms with E-state index in [0.29, 0.717) is 11.8 Å². The summed E-state index contributed by atoms with van der Waals surface area (Å²) in [5.41, 5.74) is 0. The van der Waals surface area contributed by atoms with E-state index in [0.717, 1.165) is 37.3 Å². The first-order valence-corrected chi connectivity index (χ1v) is 11.6. The van der Waals surface area contributed by atoms with Gasteiger partial charge >= 0.3 is 0 Å². The fourth-order valence-corrected chi connectivity index (χ4v) is 3.90. The van der Waals surface area contributed by atoms with E-state index in [1.54, 1.807) is 0 Å². The van der Waals surface area contributed by atoms with E-state index in [1.165, 1.54) is 57.8 Å². The van der Waals surface area contributed by atoms with Crippen molar-refractivity contribution in [1.82, 2.24) is 4.90 Å². The zero-order chi connectivity index (χ0) is 19.9. The predicted molar refractivity (Wildman–Crippen MR) is 116 cm³/mol. The van der Waals surface area contributed by atoms with Crippen molar-refractivity contribution in [3.05, 3.63) is 0 Å². The maximum Gasteiger partial charge on any atom is 0.222 e. The molecule has 3 atom stereocenters. The van der Waals surface area contributed by atoms with Gasteiger partial charge in [0.25, 0.3) is 0 Å². The maximum absolute atomic E-state index is 12.2. The average Bonchev–Trinajstić information content (AvgIpc) is 2.55. The number of amides is 1. The fourth-order valence-electron chi connectivity index (χ4n) is 3.90. The summed E-state index contributed by atoms with van der Waals surface area (Å²) >= 11 is 0. The highest BCUT2D eigenvalue weighted by atomic mass is 16.2. The van der Waals surface area contributed by atoms with Gasteiger partial charge in [-0.25, -0.2) is 0 Å². The van der Waals surface area contributed by atoms with Crippen molar-refractivity contribution >= 4 is 5.91 Å². The Kier molecular flexibility index (Phi) is 15.2. The van der Waals surface area contributed by atoms with Gasteiger partial charge in [-0.1, -0.05) is 92.4 Å². The van der Waals surface area contributed by atoms with Gasteiger partial charge in [-0.05, 0) is 37.5 Å². The standard InChI is InChI=1S/C24H49NO/c1-8-25(9-2)24(26)19-23(7)18-12-17-22(6)16-11-15-21(5)14-10-13-20(3)4/h20-23H,8-19H2,1-7H3. The van der Waals surface area contributed by atoms with Gasteiger partial charge < -0.3 is 4.90 Å². The molecule has 0 N–H and O–H groups in total. The third-order valence-corrected chi connectivity index (χ3v) is 5.91. The lowest BCUT2D eigenvalue weighted by atomic mass is 9.90. The molecule has 0 saturated carbocycles. The lowest BCUT2D eigenvalue weighted by Gasteiger charge is -2.21. The van der Waals surface area contributed by atoms with Gasteiger partial charge in [-0.3, -0.25) is 4.79 Å². The second-order valence-corrected chi connectivity index (χ2v) is 9.27. The van der Waals surface area contributed by atoms with Crippen LogP contribution in [0.1, 0.15) is 113 Å². The van der Waals surface area contributed by atoms with E-state index in [2.05, 4.69) is 48.5 Å². The molecule has 0 fully saturated rings. The Hall–Kier alpha value is -0.530. The number of hydrogen-bond acceptors (Lipinski definition) is 1. The zero-order valence-electron chi connectivity index (χ0n) is 19.2. The van der Waals surface area contributed by atoms with Crippen LogP contribution in [0, 0.1) is 23.7 Å². The molecule has 0 aromatic rings. The molecule has 0 spiro atoms. The normalized spacial score (nSPS) is 15.1. The molecule has 3 unspecified atom stereocenters. The largest absolute Gasteiger partial charge is 0.343 e. The predicted octanol–water partition coefficient (Wildman–Crippen LogP) is 7.32. The monoisotopic (exact) mass is 367 g/mol. The van der Waals surface area contributed by atoms with Crippen molar-refractivity contribution in [2.75, 3.05) is 13.1 Å². The highest BCUT2D eigenvalue weighted by Gasteiger charge is 2.14. The van der Waals surface area contributed by atoms with Crippen molar-refractivity contribution in [2.45, 2.75) is 113 Å². The van der Waals surface area contributed by atoms with E-state index < -0.39 is 0 Å². The van der Waals surface area contributed by atoms with Gasteiger partial charge in [0.2, 0.25) is 5.91 Å². The molecule has 0 radical (unpaired) electrons. The summed E-state index contributed by atoms with van der Waals surface area (Å²) in [4.78, 5) is 14.1. The third-order valence-electron chi connectivity index (χ3n) is 5.91. The summed E-state index contributed by atoms with van der Waals surface area (Å²) in [5.74, 6) is 3.45. The Labute approximate surface area is 165 Å². The Morgan fingerprint density at radius 3 is 1.42 bits per heavy atom. The Bertz CT molecular complexity index is 335. The van der Waals surface area contributed by atoms with Crippen LogP contribution < -0.4 is 0 Å². The van der Waals surface area contributed by atoms with Crippen LogP contribution in [0.3, 0.4) is 0 Å². The van der Waals surface area contributed by atoms with Crippen molar-refractivity contribution in [3.8, 4) is 0 Å². The van der Waals surface area contributed by atoms with Crippen molar-refractivity contribution in [1.29, 1.82) is 0 Å². The number of rotatable bonds is 16. The Morgan fingerprint density at radius 1 is 0.654 bits per heavy atom. The molecule has 0 bridgehead atoms. The van der Waals surface area contributed by atoms with Crippen molar-refractivity contribution < 1.29 is 4.79 Å². The van der Waals surface area contributed by atoms with E-state index >= 15 is 0 Å². The molecule has 0 aromatic heterocycles. The minimum atomic E-state index is 0.335. The molecule has 0 rings (SSSR count). The zero-order valence-corrected chi connectivity index (χ0v) is 19.2. The highest BCUT2D eigenvalue weighted by Crippen LogP contribution is 2.22. The number of nitrogens with zero attached hydrogens (tertiary/aromatic N) is 1. The topological polar surface area (TPSA) is 20.3 Å². The Morgan fingerprint density at radius 2 is 1.04 bits per heavy atom. The van der Waals surface area contributed by atoms with E-state index in [4.69, 9.17) is 0 Å². The summed E-state index contributed by atoms with van der Waals surface area (Å²) in [6.45, 7) is 17.6. The molecule has 0 aliphatic carbocycles. The first-order chi connectivity index (χ1) is 12.3. The summed E-state index contributed by atoms with van der Waals surface area (Å²) in [7, 11) is 0. The summed E-state index contributed by atoms with van der Waals surface area (Å²) in [6, 6.07) is 0. The summed E-state index contributed by atoms with van der Waals surface area (Å²) < 4.78 is 0. The summed E-state index contributed by atoms with van der Waals surface area (Å²) in [5, 5.41) is 0. The first-order valence-electron chi connectivity index (χ1n) is 11.6. The number of carbonyl (C=O) groups is 1. The van der Waals surface area contributed by atoms with Crippen molar-refractivity contribution in [2.24, 2.45) is 23.7 Å². The van der Waals surface area contributed by atoms with Gasteiger partial charge in [0.05, 0.1) is 0 Å². The summed E-state index contributed by atoms with van der Waals surface area (Å²) in [6.07, 6.45) is 12.9. The highest BCUT2D eigenvalue weighted by molar-refractivity contribution is 5.76. The second kappa shape index (κ2) is 15.5. The lowest BCUT2D eigenvalue weighted by Crippen LogP contribution is -2.31. The van der Waals surface area contributed by atoms with Crippen LogP contribution in [0.5, 0.6) is 0 Å². The molecule has 1 amide bonds. The molecule has 0 saturated heterocycles. The smallest absolute Gasteiger partial charge is 0.222 e. The van der Waals surface area contributed by atoms with E-state index in [1.807, 2.05) is 4.90 Å². The molecule has 26 heavy (non-hydrogen) atoms. The molecule has 156 valence electrons. The maximum atomic E-state index is 12.2. The number of hydrogen-bond donors (Lipinski definition) is 0. The first kappa shape index (κ1) is 25.5. The van der Waals surface area contributed by atoms with Crippen LogP contribution in [0.15, 0.2) is 0 Å². The van der Waals surface area contributed by atoms with Crippen LogP contribution in [-0.4, -0.2) is 23.9 Å². The van der Waals surface area contributed by atoms with Crippen LogP contribution in [0.25, 0.3) is 0 Å². The Balaban J connectivity index is 3.72. The minimum Gasteiger partial charge on any atom is -0.343 e. The second-order valence-electron chi connectivity index (χ2n) is 9.27. The molecule has 0 aliphatic rings. The van der Waals surface area contributed by atoms with Crippen LogP contribution >= 0.6 is 0 Å². The van der Waals surface area contributed by atoms with Crippen LogP contribution in [-0.2, 0) is 4.79 Å². The van der Waals surface area contributed by atoms with Gasteiger partial charge in [0.15, 0.2) is 0 Å². The van der Waals surface area contributed by atoms with Gasteiger partial charge in [0, 0.05) is 19.5 Å². The van der Waals surface area contributed by atoms with Gasteiger partial charge in [0.1, 0.15) is 0 Å². The van der Waals surface area contributed by atoms with Gasteiger partial charge in [-0.2, -0.15) is 0 Å². The van der Waals surface area contributed by atoms with E-state index in [-0.39, 0.29) is 0 Å².